The molecule has 1 atom stereocenters. The van der Waals surface area contributed by atoms with E-state index in [2.05, 4.69) is 34.5 Å². The first-order valence-corrected chi connectivity index (χ1v) is 8.82. The van der Waals surface area contributed by atoms with Crippen molar-refractivity contribution >= 4 is 5.91 Å². The number of carbonyl (C=O) groups excluding carboxylic acids is 1. The Balaban J connectivity index is 1.50. The lowest BCUT2D eigenvalue weighted by molar-refractivity contribution is -0.126. The van der Waals surface area contributed by atoms with Crippen LogP contribution < -0.4 is 5.32 Å². The average Bonchev–Trinajstić information content (AvgIpc) is 2.59. The van der Waals surface area contributed by atoms with Crippen LogP contribution in [0.2, 0.25) is 0 Å². The van der Waals surface area contributed by atoms with Gasteiger partial charge in [0.2, 0.25) is 5.91 Å². The molecule has 0 unspecified atom stereocenters. The van der Waals surface area contributed by atoms with Gasteiger partial charge in [-0.15, -0.1) is 0 Å². The quantitative estimate of drug-likeness (QED) is 0.926. The van der Waals surface area contributed by atoms with Gasteiger partial charge in [0.25, 0.3) is 0 Å². The molecule has 0 spiro atoms. The number of nitrogens with one attached hydrogen (secondary N) is 1. The molecule has 2 aliphatic rings. The summed E-state index contributed by atoms with van der Waals surface area (Å²) in [4.78, 5) is 14.7. The van der Waals surface area contributed by atoms with Crippen LogP contribution in [-0.2, 0) is 17.8 Å². The van der Waals surface area contributed by atoms with Crippen molar-refractivity contribution in [2.75, 3.05) is 13.1 Å². The zero-order valence-electron chi connectivity index (χ0n) is 13.7. The van der Waals surface area contributed by atoms with E-state index in [0.717, 1.165) is 26.1 Å². The first-order chi connectivity index (χ1) is 10.7. The maximum absolute atomic E-state index is 12.4. The van der Waals surface area contributed by atoms with Gasteiger partial charge in [-0.25, -0.2) is 0 Å². The Morgan fingerprint density at radius 2 is 1.95 bits per heavy atom. The first kappa shape index (κ1) is 15.5. The molecule has 1 aromatic carbocycles. The fraction of sp³-hybridized carbons (Fsp3) is 0.632. The molecule has 3 rings (SSSR count). The van der Waals surface area contributed by atoms with E-state index >= 15 is 0 Å². The zero-order valence-corrected chi connectivity index (χ0v) is 13.7. The summed E-state index contributed by atoms with van der Waals surface area (Å²) >= 11 is 0. The van der Waals surface area contributed by atoms with Gasteiger partial charge in [-0.1, -0.05) is 43.5 Å². The monoisotopic (exact) mass is 300 g/mol. The number of amides is 1. The second kappa shape index (κ2) is 7.28. The molecular weight excluding hydrogens is 272 g/mol. The Morgan fingerprint density at radius 1 is 1.23 bits per heavy atom. The van der Waals surface area contributed by atoms with Gasteiger partial charge in [-0.3, -0.25) is 9.69 Å². The molecule has 0 aromatic heterocycles. The van der Waals surface area contributed by atoms with E-state index in [0.29, 0.717) is 5.92 Å². The Bertz CT molecular complexity index is 508. The SMILES string of the molecule is C[C@@H](C(=O)NCC1CCCCC1)N1CCc2ccccc2C1. The molecule has 1 fully saturated rings. The van der Waals surface area contributed by atoms with Gasteiger partial charge in [0.15, 0.2) is 0 Å². The third-order valence-corrected chi connectivity index (χ3v) is 5.38. The van der Waals surface area contributed by atoms with Gasteiger partial charge in [-0.05, 0) is 43.2 Å². The summed E-state index contributed by atoms with van der Waals surface area (Å²) in [5.41, 5.74) is 2.81. The summed E-state index contributed by atoms with van der Waals surface area (Å²) in [6.45, 7) is 4.79. The van der Waals surface area contributed by atoms with Crippen molar-refractivity contribution in [3.05, 3.63) is 35.4 Å². The van der Waals surface area contributed by atoms with Crippen LogP contribution >= 0.6 is 0 Å². The fourth-order valence-corrected chi connectivity index (χ4v) is 3.80. The molecule has 3 heteroatoms. The number of hydrogen-bond donors (Lipinski definition) is 1. The highest BCUT2D eigenvalue weighted by molar-refractivity contribution is 5.81. The van der Waals surface area contributed by atoms with Crippen molar-refractivity contribution in [2.45, 2.75) is 58.0 Å². The molecule has 1 N–H and O–H groups in total. The molecule has 0 saturated heterocycles. The van der Waals surface area contributed by atoms with Crippen molar-refractivity contribution in [1.29, 1.82) is 0 Å². The third-order valence-electron chi connectivity index (χ3n) is 5.38. The van der Waals surface area contributed by atoms with E-state index in [9.17, 15) is 4.79 Å². The molecule has 3 nitrogen and oxygen atoms in total. The van der Waals surface area contributed by atoms with E-state index < -0.39 is 0 Å². The lowest BCUT2D eigenvalue weighted by Crippen LogP contribution is -2.48. The van der Waals surface area contributed by atoms with Crippen LogP contribution in [0.5, 0.6) is 0 Å². The highest BCUT2D eigenvalue weighted by atomic mass is 16.2. The highest BCUT2D eigenvalue weighted by Crippen LogP contribution is 2.23. The molecule has 1 aliphatic carbocycles. The van der Waals surface area contributed by atoms with Gasteiger partial charge in [0.05, 0.1) is 6.04 Å². The number of benzene rings is 1. The molecule has 1 heterocycles. The lowest BCUT2D eigenvalue weighted by atomic mass is 9.89. The van der Waals surface area contributed by atoms with Gasteiger partial charge in [0, 0.05) is 19.6 Å². The predicted octanol–water partition coefficient (Wildman–Crippen LogP) is 3.13. The predicted molar refractivity (Wildman–Crippen MR) is 89.6 cm³/mol. The minimum Gasteiger partial charge on any atom is -0.354 e. The summed E-state index contributed by atoms with van der Waals surface area (Å²) in [7, 11) is 0. The normalized spacial score (nSPS) is 21.1. The number of rotatable bonds is 4. The van der Waals surface area contributed by atoms with E-state index in [-0.39, 0.29) is 11.9 Å². The van der Waals surface area contributed by atoms with E-state index in [1.807, 2.05) is 6.92 Å². The molecule has 1 aliphatic heterocycles. The van der Waals surface area contributed by atoms with E-state index in [1.165, 1.54) is 43.2 Å². The summed E-state index contributed by atoms with van der Waals surface area (Å²) < 4.78 is 0. The molecule has 22 heavy (non-hydrogen) atoms. The minimum atomic E-state index is -0.0306. The minimum absolute atomic E-state index is 0.0306. The van der Waals surface area contributed by atoms with Crippen molar-refractivity contribution in [2.24, 2.45) is 5.92 Å². The summed E-state index contributed by atoms with van der Waals surface area (Å²) in [5.74, 6) is 0.900. The number of hydrogen-bond acceptors (Lipinski definition) is 2. The van der Waals surface area contributed by atoms with Gasteiger partial charge >= 0.3 is 0 Å². The summed E-state index contributed by atoms with van der Waals surface area (Å²) in [6, 6.07) is 8.57. The Morgan fingerprint density at radius 3 is 2.73 bits per heavy atom. The average molecular weight is 300 g/mol. The lowest BCUT2D eigenvalue weighted by Gasteiger charge is -2.33. The Hall–Kier alpha value is -1.35. The number of carbonyl (C=O) groups is 1. The maximum Gasteiger partial charge on any atom is 0.237 e. The van der Waals surface area contributed by atoms with E-state index in [1.54, 1.807) is 0 Å². The van der Waals surface area contributed by atoms with Crippen LogP contribution in [0.1, 0.15) is 50.2 Å². The van der Waals surface area contributed by atoms with Crippen molar-refractivity contribution in [3.63, 3.8) is 0 Å². The summed E-state index contributed by atoms with van der Waals surface area (Å²) in [5, 5.41) is 3.19. The first-order valence-electron chi connectivity index (χ1n) is 8.82. The van der Waals surface area contributed by atoms with E-state index in [4.69, 9.17) is 0 Å². The molecule has 1 amide bonds. The Kier molecular flexibility index (Phi) is 5.14. The fourth-order valence-electron chi connectivity index (χ4n) is 3.80. The maximum atomic E-state index is 12.4. The molecule has 0 bridgehead atoms. The van der Waals surface area contributed by atoms with Crippen LogP contribution in [-0.4, -0.2) is 29.9 Å². The van der Waals surface area contributed by atoms with Gasteiger partial charge in [0.1, 0.15) is 0 Å². The van der Waals surface area contributed by atoms with Crippen LogP contribution in [0, 0.1) is 5.92 Å². The van der Waals surface area contributed by atoms with Crippen LogP contribution in [0.3, 0.4) is 0 Å². The van der Waals surface area contributed by atoms with Gasteiger partial charge in [-0.2, -0.15) is 0 Å². The van der Waals surface area contributed by atoms with Gasteiger partial charge < -0.3 is 5.32 Å². The molecule has 0 radical (unpaired) electrons. The van der Waals surface area contributed by atoms with Crippen molar-refractivity contribution in [3.8, 4) is 0 Å². The van der Waals surface area contributed by atoms with Crippen LogP contribution in [0.15, 0.2) is 24.3 Å². The molecular formula is C19H28N2O. The van der Waals surface area contributed by atoms with Crippen LogP contribution in [0.4, 0.5) is 0 Å². The smallest absolute Gasteiger partial charge is 0.237 e. The highest BCUT2D eigenvalue weighted by Gasteiger charge is 2.25. The second-order valence-electron chi connectivity index (χ2n) is 6.91. The number of fused-ring (bicyclic) bond motifs is 1. The van der Waals surface area contributed by atoms with Crippen molar-refractivity contribution in [1.82, 2.24) is 10.2 Å². The zero-order chi connectivity index (χ0) is 15.4. The Labute approximate surface area is 134 Å². The number of nitrogens with zero attached hydrogens (tertiary/aromatic N) is 1. The summed E-state index contributed by atoms with van der Waals surface area (Å²) in [6.07, 6.45) is 7.65. The topological polar surface area (TPSA) is 32.3 Å². The standard InChI is InChI=1S/C19H28N2O/c1-15(19(22)20-13-16-7-3-2-4-8-16)21-12-11-17-9-5-6-10-18(17)14-21/h5-6,9-10,15-16H,2-4,7-8,11-14H2,1H3,(H,20,22)/t15-/m0/s1. The molecule has 120 valence electrons. The van der Waals surface area contributed by atoms with Crippen molar-refractivity contribution < 1.29 is 4.79 Å². The van der Waals surface area contributed by atoms with Crippen LogP contribution in [0.25, 0.3) is 0 Å². The third kappa shape index (κ3) is 3.70. The second-order valence-corrected chi connectivity index (χ2v) is 6.91. The molecule has 1 aromatic rings. The molecule has 1 saturated carbocycles. The largest absolute Gasteiger partial charge is 0.354 e.